The van der Waals surface area contributed by atoms with E-state index in [0.29, 0.717) is 12.6 Å². The van der Waals surface area contributed by atoms with Crippen LogP contribution in [-0.4, -0.2) is 38.3 Å². The molecule has 0 bridgehead atoms. The number of benzene rings is 1. The number of likely N-dealkylation sites (N-methyl/N-ethyl adjacent to an activating group) is 1. The van der Waals surface area contributed by atoms with Gasteiger partial charge in [0.1, 0.15) is 0 Å². The quantitative estimate of drug-likeness (QED) is 0.710. The van der Waals surface area contributed by atoms with Gasteiger partial charge in [0.2, 0.25) is 0 Å². The lowest BCUT2D eigenvalue weighted by Crippen LogP contribution is -2.33. The maximum absolute atomic E-state index is 6.00. The lowest BCUT2D eigenvalue weighted by Gasteiger charge is -2.27. The molecule has 0 amide bonds. The van der Waals surface area contributed by atoms with Crippen LogP contribution in [0.1, 0.15) is 48.8 Å². The summed E-state index contributed by atoms with van der Waals surface area (Å²) >= 11 is 0. The van der Waals surface area contributed by atoms with Gasteiger partial charge in [-0.3, -0.25) is 4.90 Å². The average Bonchev–Trinajstić information content (AvgIpc) is 3.39. The van der Waals surface area contributed by atoms with Gasteiger partial charge in [-0.05, 0) is 55.7 Å². The van der Waals surface area contributed by atoms with E-state index in [1.165, 1.54) is 36.8 Å². The lowest BCUT2D eigenvalue weighted by molar-refractivity contribution is 0.0922. The van der Waals surface area contributed by atoms with Crippen LogP contribution in [0.2, 0.25) is 0 Å². The molecule has 3 heteroatoms. The van der Waals surface area contributed by atoms with Crippen LogP contribution in [0.5, 0.6) is 0 Å². The van der Waals surface area contributed by atoms with Crippen molar-refractivity contribution in [2.24, 2.45) is 11.7 Å². The summed E-state index contributed by atoms with van der Waals surface area (Å²) in [5.74, 6) is 1.67. The van der Waals surface area contributed by atoms with Crippen molar-refractivity contribution in [2.45, 2.75) is 37.6 Å². The molecule has 1 aromatic carbocycles. The summed E-state index contributed by atoms with van der Waals surface area (Å²) in [5, 5.41) is 0. The molecule has 2 saturated carbocycles. The van der Waals surface area contributed by atoms with E-state index in [0.717, 1.165) is 31.6 Å². The normalized spacial score (nSPS) is 20.0. The monoisotopic (exact) mass is 288 g/mol. The predicted molar refractivity (Wildman–Crippen MR) is 86.4 cm³/mol. The Morgan fingerprint density at radius 3 is 2.48 bits per heavy atom. The van der Waals surface area contributed by atoms with Gasteiger partial charge >= 0.3 is 0 Å². The molecule has 3 nitrogen and oxygen atoms in total. The fraction of sp³-hybridized carbons (Fsp3) is 0.667. The van der Waals surface area contributed by atoms with Crippen LogP contribution >= 0.6 is 0 Å². The largest absolute Gasteiger partial charge is 0.380 e. The summed E-state index contributed by atoms with van der Waals surface area (Å²) in [7, 11) is 2.15. The van der Waals surface area contributed by atoms with Crippen molar-refractivity contribution in [3.05, 3.63) is 35.4 Å². The van der Waals surface area contributed by atoms with Crippen LogP contribution in [0.3, 0.4) is 0 Å². The van der Waals surface area contributed by atoms with Crippen molar-refractivity contribution in [1.29, 1.82) is 0 Å². The Kier molecular flexibility index (Phi) is 4.94. The Morgan fingerprint density at radius 2 is 1.90 bits per heavy atom. The summed E-state index contributed by atoms with van der Waals surface area (Å²) in [4.78, 5) is 2.32. The summed E-state index contributed by atoms with van der Waals surface area (Å²) in [6, 6.07) is 9.38. The second kappa shape index (κ2) is 6.91. The molecule has 0 aromatic heterocycles. The highest BCUT2D eigenvalue weighted by atomic mass is 16.5. The number of hydrogen-bond donors (Lipinski definition) is 1. The molecule has 1 atom stereocenters. The van der Waals surface area contributed by atoms with Crippen LogP contribution in [0.15, 0.2) is 24.3 Å². The molecular formula is C18H28N2O. The van der Waals surface area contributed by atoms with Gasteiger partial charge in [-0.15, -0.1) is 0 Å². The van der Waals surface area contributed by atoms with Gasteiger partial charge in [-0.25, -0.2) is 0 Å². The van der Waals surface area contributed by atoms with E-state index in [4.69, 9.17) is 10.5 Å². The fourth-order valence-corrected chi connectivity index (χ4v) is 2.88. The molecule has 116 valence electrons. The van der Waals surface area contributed by atoms with E-state index < -0.39 is 0 Å². The summed E-state index contributed by atoms with van der Waals surface area (Å²) in [6.45, 7) is 3.35. The summed E-state index contributed by atoms with van der Waals surface area (Å²) in [5.41, 5.74) is 8.81. The zero-order chi connectivity index (χ0) is 14.7. The van der Waals surface area contributed by atoms with Crippen molar-refractivity contribution in [3.8, 4) is 0 Å². The van der Waals surface area contributed by atoms with Crippen LogP contribution in [-0.2, 0) is 4.74 Å². The standard InChI is InChI=1S/C18H28N2O/c1-20(10-11-21-13-14-2-3-14)18(12-19)17-8-6-16(7-9-17)15-4-5-15/h6-9,14-15,18H,2-5,10-13,19H2,1H3. The molecule has 2 fully saturated rings. The van der Waals surface area contributed by atoms with E-state index in [9.17, 15) is 0 Å². The van der Waals surface area contributed by atoms with Gasteiger partial charge in [0.05, 0.1) is 6.61 Å². The first-order valence-electron chi connectivity index (χ1n) is 8.36. The number of ether oxygens (including phenoxy) is 1. The average molecular weight is 288 g/mol. The van der Waals surface area contributed by atoms with E-state index >= 15 is 0 Å². The molecule has 0 spiro atoms. The number of nitrogens with two attached hydrogens (primary N) is 1. The SMILES string of the molecule is CN(CCOCC1CC1)C(CN)c1ccc(C2CC2)cc1. The van der Waals surface area contributed by atoms with E-state index in [-0.39, 0.29) is 0 Å². The van der Waals surface area contributed by atoms with Crippen LogP contribution in [0.25, 0.3) is 0 Å². The summed E-state index contributed by atoms with van der Waals surface area (Å²) in [6.07, 6.45) is 5.43. The third-order valence-corrected chi connectivity index (χ3v) is 4.76. The first-order chi connectivity index (χ1) is 10.3. The van der Waals surface area contributed by atoms with Gasteiger partial charge in [0.15, 0.2) is 0 Å². The summed E-state index contributed by atoms with van der Waals surface area (Å²) < 4.78 is 5.74. The molecule has 21 heavy (non-hydrogen) atoms. The van der Waals surface area contributed by atoms with Crippen LogP contribution < -0.4 is 5.73 Å². The number of nitrogens with zero attached hydrogens (tertiary/aromatic N) is 1. The minimum Gasteiger partial charge on any atom is -0.380 e. The maximum atomic E-state index is 6.00. The van der Waals surface area contributed by atoms with Crippen LogP contribution in [0, 0.1) is 5.92 Å². The van der Waals surface area contributed by atoms with Gasteiger partial charge in [0.25, 0.3) is 0 Å². The molecule has 0 aliphatic heterocycles. The highest BCUT2D eigenvalue weighted by Crippen LogP contribution is 2.40. The van der Waals surface area contributed by atoms with Crippen molar-refractivity contribution < 1.29 is 4.74 Å². The Labute approximate surface area is 128 Å². The first kappa shape index (κ1) is 15.0. The van der Waals surface area contributed by atoms with Gasteiger partial charge in [-0.2, -0.15) is 0 Å². The van der Waals surface area contributed by atoms with Crippen molar-refractivity contribution in [3.63, 3.8) is 0 Å². The van der Waals surface area contributed by atoms with Crippen molar-refractivity contribution in [2.75, 3.05) is 33.4 Å². The molecule has 0 heterocycles. The van der Waals surface area contributed by atoms with Crippen molar-refractivity contribution in [1.82, 2.24) is 4.90 Å². The maximum Gasteiger partial charge on any atom is 0.0593 e. The Bertz CT molecular complexity index is 437. The molecule has 1 unspecified atom stereocenters. The third kappa shape index (κ3) is 4.29. The van der Waals surface area contributed by atoms with Gasteiger partial charge < -0.3 is 10.5 Å². The number of rotatable bonds is 9. The van der Waals surface area contributed by atoms with Crippen LogP contribution in [0.4, 0.5) is 0 Å². The lowest BCUT2D eigenvalue weighted by atomic mass is 10.0. The smallest absolute Gasteiger partial charge is 0.0593 e. The molecule has 0 radical (unpaired) electrons. The minimum atomic E-state index is 0.294. The third-order valence-electron chi connectivity index (χ3n) is 4.76. The molecule has 1 aromatic rings. The zero-order valence-electron chi connectivity index (χ0n) is 13.1. The number of hydrogen-bond acceptors (Lipinski definition) is 3. The fourth-order valence-electron chi connectivity index (χ4n) is 2.88. The molecule has 3 rings (SSSR count). The van der Waals surface area contributed by atoms with E-state index in [1.807, 2.05) is 0 Å². The Balaban J connectivity index is 1.49. The molecule has 0 saturated heterocycles. The zero-order valence-corrected chi connectivity index (χ0v) is 13.1. The van der Waals surface area contributed by atoms with Gasteiger partial charge in [0, 0.05) is 25.7 Å². The highest BCUT2D eigenvalue weighted by molar-refractivity contribution is 5.29. The van der Waals surface area contributed by atoms with E-state index in [2.05, 4.69) is 36.2 Å². The second-order valence-corrected chi connectivity index (χ2v) is 6.69. The molecule has 2 N–H and O–H groups in total. The Morgan fingerprint density at radius 1 is 1.19 bits per heavy atom. The van der Waals surface area contributed by atoms with E-state index in [1.54, 1.807) is 0 Å². The molecule has 2 aliphatic carbocycles. The topological polar surface area (TPSA) is 38.5 Å². The first-order valence-corrected chi connectivity index (χ1v) is 8.36. The Hall–Kier alpha value is -0.900. The molecular weight excluding hydrogens is 260 g/mol. The highest BCUT2D eigenvalue weighted by Gasteiger charge is 2.24. The van der Waals surface area contributed by atoms with Gasteiger partial charge in [-0.1, -0.05) is 24.3 Å². The molecule has 2 aliphatic rings. The predicted octanol–water partition coefficient (Wildman–Crippen LogP) is 2.92. The van der Waals surface area contributed by atoms with Crippen molar-refractivity contribution >= 4 is 0 Å². The minimum absolute atomic E-state index is 0.294. The second-order valence-electron chi connectivity index (χ2n) is 6.69.